The summed E-state index contributed by atoms with van der Waals surface area (Å²) in [5, 5.41) is 0. The summed E-state index contributed by atoms with van der Waals surface area (Å²) in [6.45, 7) is 0.837. The SMILES string of the molecule is O=S(=O)(NC1CCN(c2ccc(C(F)(F)F)cn2)C1)c1ccccc1Br. The second kappa shape index (κ2) is 7.16. The van der Waals surface area contributed by atoms with Gasteiger partial charge >= 0.3 is 6.18 Å². The van der Waals surface area contributed by atoms with Gasteiger partial charge in [-0.2, -0.15) is 13.2 Å². The Bertz CT molecular complexity index is 888. The molecule has 0 aliphatic carbocycles. The number of hydrogen-bond acceptors (Lipinski definition) is 4. The van der Waals surface area contributed by atoms with Gasteiger partial charge in [0.2, 0.25) is 10.0 Å². The highest BCUT2D eigenvalue weighted by molar-refractivity contribution is 9.10. The third kappa shape index (κ3) is 4.18. The molecule has 2 aromatic rings. The van der Waals surface area contributed by atoms with Crippen LogP contribution in [0.3, 0.4) is 0 Å². The predicted octanol–water partition coefficient (Wildman–Crippen LogP) is 3.42. The van der Waals surface area contributed by atoms with Gasteiger partial charge in [0.1, 0.15) is 5.82 Å². The minimum Gasteiger partial charge on any atom is -0.355 e. The summed E-state index contributed by atoms with van der Waals surface area (Å²) in [4.78, 5) is 5.75. The number of nitrogens with one attached hydrogen (secondary N) is 1. The largest absolute Gasteiger partial charge is 0.417 e. The predicted molar refractivity (Wildman–Crippen MR) is 94.3 cm³/mol. The Hall–Kier alpha value is -1.65. The van der Waals surface area contributed by atoms with Crippen LogP contribution in [0, 0.1) is 0 Å². The first-order valence-electron chi connectivity index (χ1n) is 7.72. The molecule has 1 aromatic carbocycles. The van der Waals surface area contributed by atoms with E-state index < -0.39 is 21.8 Å². The molecule has 1 fully saturated rings. The summed E-state index contributed by atoms with van der Waals surface area (Å²) in [5.41, 5.74) is -0.813. The van der Waals surface area contributed by atoms with Gasteiger partial charge < -0.3 is 4.90 Å². The molecule has 26 heavy (non-hydrogen) atoms. The van der Waals surface area contributed by atoms with Crippen molar-refractivity contribution in [2.75, 3.05) is 18.0 Å². The maximum atomic E-state index is 12.6. The molecule has 1 aliphatic heterocycles. The smallest absolute Gasteiger partial charge is 0.355 e. The Balaban J connectivity index is 1.68. The maximum absolute atomic E-state index is 12.6. The lowest BCUT2D eigenvalue weighted by atomic mass is 10.3. The van der Waals surface area contributed by atoms with Crippen molar-refractivity contribution in [3.63, 3.8) is 0 Å². The summed E-state index contributed by atoms with van der Waals surface area (Å²) < 4.78 is 65.9. The van der Waals surface area contributed by atoms with Gasteiger partial charge in [-0.3, -0.25) is 0 Å². The molecule has 0 radical (unpaired) electrons. The molecule has 0 spiro atoms. The van der Waals surface area contributed by atoms with E-state index >= 15 is 0 Å². The molecule has 5 nitrogen and oxygen atoms in total. The number of benzene rings is 1. The van der Waals surface area contributed by atoms with Gasteiger partial charge in [0, 0.05) is 29.8 Å². The fraction of sp³-hybridized carbons (Fsp3) is 0.312. The van der Waals surface area contributed by atoms with Crippen LogP contribution in [0.1, 0.15) is 12.0 Å². The average molecular weight is 450 g/mol. The van der Waals surface area contributed by atoms with E-state index in [2.05, 4.69) is 25.6 Å². The number of nitrogens with zero attached hydrogens (tertiary/aromatic N) is 2. The monoisotopic (exact) mass is 449 g/mol. The molecule has 1 aromatic heterocycles. The zero-order valence-electron chi connectivity index (χ0n) is 13.4. The van der Waals surface area contributed by atoms with Crippen LogP contribution in [0.5, 0.6) is 0 Å². The van der Waals surface area contributed by atoms with E-state index in [4.69, 9.17) is 0 Å². The van der Waals surface area contributed by atoms with Gasteiger partial charge in [-0.15, -0.1) is 0 Å². The molecule has 1 atom stereocenters. The number of sulfonamides is 1. The Morgan fingerprint density at radius 1 is 1.19 bits per heavy atom. The van der Waals surface area contributed by atoms with Crippen molar-refractivity contribution in [3.05, 3.63) is 52.6 Å². The summed E-state index contributed by atoms with van der Waals surface area (Å²) >= 11 is 3.22. The van der Waals surface area contributed by atoms with Gasteiger partial charge in [0.05, 0.1) is 10.5 Å². The van der Waals surface area contributed by atoms with E-state index in [1.807, 2.05) is 0 Å². The lowest BCUT2D eigenvalue weighted by Crippen LogP contribution is -2.37. The molecule has 1 aliphatic rings. The summed E-state index contributed by atoms with van der Waals surface area (Å²) in [5.74, 6) is 0.389. The van der Waals surface area contributed by atoms with Crippen LogP contribution < -0.4 is 9.62 Å². The second-order valence-electron chi connectivity index (χ2n) is 5.89. The Morgan fingerprint density at radius 3 is 2.54 bits per heavy atom. The van der Waals surface area contributed by atoms with Crippen LogP contribution in [0.4, 0.5) is 19.0 Å². The van der Waals surface area contributed by atoms with Crippen molar-refractivity contribution in [2.24, 2.45) is 0 Å². The van der Waals surface area contributed by atoms with E-state index in [1.54, 1.807) is 23.1 Å². The average Bonchev–Trinajstić information content (AvgIpc) is 3.02. The summed E-state index contributed by atoms with van der Waals surface area (Å²) in [6.07, 6.45) is -3.11. The maximum Gasteiger partial charge on any atom is 0.417 e. The molecule has 0 saturated carbocycles. The number of alkyl halides is 3. The highest BCUT2D eigenvalue weighted by atomic mass is 79.9. The quantitative estimate of drug-likeness (QED) is 0.776. The number of aromatic nitrogens is 1. The molecule has 1 saturated heterocycles. The highest BCUT2D eigenvalue weighted by Crippen LogP contribution is 2.30. The van der Waals surface area contributed by atoms with Crippen molar-refractivity contribution >= 4 is 31.8 Å². The molecular weight excluding hydrogens is 435 g/mol. The summed E-state index contributed by atoms with van der Waals surface area (Å²) in [7, 11) is -3.70. The van der Waals surface area contributed by atoms with Gasteiger partial charge in [0.15, 0.2) is 0 Å². The molecule has 3 rings (SSSR count). The van der Waals surface area contributed by atoms with E-state index in [-0.39, 0.29) is 10.9 Å². The Morgan fingerprint density at radius 2 is 1.92 bits per heavy atom. The van der Waals surface area contributed by atoms with Gasteiger partial charge in [-0.1, -0.05) is 12.1 Å². The first-order valence-corrected chi connectivity index (χ1v) is 9.99. The molecule has 140 valence electrons. The normalized spacial score (nSPS) is 18.3. The van der Waals surface area contributed by atoms with Crippen molar-refractivity contribution in [1.82, 2.24) is 9.71 Å². The molecule has 10 heteroatoms. The number of hydrogen-bond donors (Lipinski definition) is 1. The third-order valence-corrected chi connectivity index (χ3v) is 6.57. The zero-order chi connectivity index (χ0) is 18.9. The third-order valence-electron chi connectivity index (χ3n) is 4.04. The van der Waals surface area contributed by atoms with Crippen LogP contribution >= 0.6 is 15.9 Å². The molecule has 0 amide bonds. The van der Waals surface area contributed by atoms with E-state index in [9.17, 15) is 21.6 Å². The van der Waals surface area contributed by atoms with Crippen molar-refractivity contribution < 1.29 is 21.6 Å². The minimum absolute atomic E-state index is 0.145. The first-order chi connectivity index (χ1) is 12.2. The standard InChI is InChI=1S/C16H15BrF3N3O2S/c17-13-3-1-2-4-14(13)26(24,25)22-12-7-8-23(10-12)15-6-5-11(9-21-15)16(18,19)20/h1-6,9,12,22H,7-8,10H2. The molecule has 1 N–H and O–H groups in total. The van der Waals surface area contributed by atoms with Crippen LogP contribution in [0.15, 0.2) is 52.0 Å². The van der Waals surface area contributed by atoms with E-state index in [1.165, 1.54) is 12.1 Å². The first kappa shape index (κ1) is 19.1. The van der Waals surface area contributed by atoms with Crippen LogP contribution in [0.2, 0.25) is 0 Å². The van der Waals surface area contributed by atoms with Gasteiger partial charge in [-0.05, 0) is 46.6 Å². The fourth-order valence-corrected chi connectivity index (χ4v) is 5.02. The Labute approximate surface area is 157 Å². The lowest BCUT2D eigenvalue weighted by Gasteiger charge is -2.19. The topological polar surface area (TPSA) is 62.3 Å². The van der Waals surface area contributed by atoms with Crippen molar-refractivity contribution in [2.45, 2.75) is 23.5 Å². The minimum atomic E-state index is -4.43. The Kier molecular flexibility index (Phi) is 5.27. The highest BCUT2D eigenvalue weighted by Gasteiger charge is 2.32. The second-order valence-corrected chi connectivity index (χ2v) is 8.42. The van der Waals surface area contributed by atoms with Gasteiger partial charge in [-0.25, -0.2) is 18.1 Å². The van der Waals surface area contributed by atoms with Crippen molar-refractivity contribution in [1.29, 1.82) is 0 Å². The molecule has 2 heterocycles. The molecule has 1 unspecified atom stereocenters. The zero-order valence-corrected chi connectivity index (χ0v) is 15.8. The van der Waals surface area contributed by atoms with E-state index in [0.717, 1.165) is 12.3 Å². The molecular formula is C16H15BrF3N3O2S. The van der Waals surface area contributed by atoms with Gasteiger partial charge in [0.25, 0.3) is 0 Å². The lowest BCUT2D eigenvalue weighted by molar-refractivity contribution is -0.137. The molecule has 0 bridgehead atoms. The number of halogens is 4. The van der Waals surface area contributed by atoms with Crippen LogP contribution in [0.25, 0.3) is 0 Å². The number of pyridine rings is 1. The van der Waals surface area contributed by atoms with Crippen LogP contribution in [-0.4, -0.2) is 32.5 Å². The summed E-state index contributed by atoms with van der Waals surface area (Å²) in [6, 6.07) is 8.41. The van der Waals surface area contributed by atoms with Crippen molar-refractivity contribution in [3.8, 4) is 0 Å². The fourth-order valence-electron chi connectivity index (χ4n) is 2.75. The number of rotatable bonds is 4. The number of anilines is 1. The van der Waals surface area contributed by atoms with E-state index in [0.29, 0.717) is 29.8 Å². The van der Waals surface area contributed by atoms with Crippen LogP contribution in [-0.2, 0) is 16.2 Å².